The highest BCUT2D eigenvalue weighted by atomic mass is 19.1. The molecule has 0 atom stereocenters. The molecule has 2 aromatic rings. The largest absolute Gasteiger partial charge is 0.444 e. The number of aliphatic hydroxyl groups is 1. The van der Waals surface area contributed by atoms with Crippen LogP contribution in [-0.2, 0) is 0 Å². The number of hydrogen-bond acceptors (Lipinski definition) is 3. The number of aromatic nitrogens is 1. The van der Waals surface area contributed by atoms with E-state index in [1.165, 1.54) is 12.5 Å². The highest BCUT2D eigenvalue weighted by Gasteiger charge is 2.00. The number of halogens is 1. The zero-order valence-electron chi connectivity index (χ0n) is 8.43. The first-order chi connectivity index (χ1) is 7.79. The molecular formula is C12H10FNO2. The zero-order valence-corrected chi connectivity index (χ0v) is 8.43. The first-order valence-electron chi connectivity index (χ1n) is 4.75. The van der Waals surface area contributed by atoms with Crippen LogP contribution in [0, 0.1) is 0 Å². The van der Waals surface area contributed by atoms with Crippen LogP contribution in [0.3, 0.4) is 0 Å². The Balaban J connectivity index is 2.23. The molecule has 1 aromatic carbocycles. The SMILES string of the molecule is OC/C(F)=C/c1ccc(-c2cnco2)cc1. The van der Waals surface area contributed by atoms with E-state index in [0.717, 1.165) is 5.56 Å². The Labute approximate surface area is 91.9 Å². The third-order valence-electron chi connectivity index (χ3n) is 2.10. The van der Waals surface area contributed by atoms with Gasteiger partial charge >= 0.3 is 0 Å². The molecule has 16 heavy (non-hydrogen) atoms. The fraction of sp³-hybridized carbons (Fsp3) is 0.0833. The van der Waals surface area contributed by atoms with Crippen molar-refractivity contribution in [3.05, 3.63) is 48.2 Å². The molecule has 0 unspecified atom stereocenters. The molecule has 1 heterocycles. The van der Waals surface area contributed by atoms with Crippen molar-refractivity contribution < 1.29 is 13.9 Å². The highest BCUT2D eigenvalue weighted by molar-refractivity contribution is 5.60. The quantitative estimate of drug-likeness (QED) is 0.863. The minimum absolute atomic E-state index is 0.563. The van der Waals surface area contributed by atoms with Gasteiger partial charge < -0.3 is 9.52 Å². The number of oxazole rings is 1. The van der Waals surface area contributed by atoms with Crippen molar-refractivity contribution in [2.45, 2.75) is 0 Å². The summed E-state index contributed by atoms with van der Waals surface area (Å²) in [6.45, 7) is -0.580. The standard InChI is InChI=1S/C12H10FNO2/c13-11(7-15)5-9-1-3-10(4-2-9)12-6-14-8-16-12/h1-6,8,15H,7H2/b11-5-. The first kappa shape index (κ1) is 10.6. The van der Waals surface area contributed by atoms with Crippen LogP contribution in [0.25, 0.3) is 17.4 Å². The molecule has 0 aliphatic heterocycles. The summed E-state index contributed by atoms with van der Waals surface area (Å²) < 4.78 is 17.9. The van der Waals surface area contributed by atoms with Gasteiger partial charge in [0.1, 0.15) is 5.83 Å². The monoisotopic (exact) mass is 219 g/mol. The normalized spacial score (nSPS) is 11.8. The molecule has 0 bridgehead atoms. The molecule has 3 nitrogen and oxygen atoms in total. The average Bonchev–Trinajstić information content (AvgIpc) is 2.83. The van der Waals surface area contributed by atoms with Gasteiger partial charge in [0.25, 0.3) is 0 Å². The Morgan fingerprint density at radius 2 is 2.12 bits per heavy atom. The molecule has 0 radical (unpaired) electrons. The predicted molar refractivity (Wildman–Crippen MR) is 58.1 cm³/mol. The number of benzene rings is 1. The van der Waals surface area contributed by atoms with Crippen LogP contribution in [0.5, 0.6) is 0 Å². The smallest absolute Gasteiger partial charge is 0.181 e. The summed E-state index contributed by atoms with van der Waals surface area (Å²) in [6, 6.07) is 7.09. The van der Waals surface area contributed by atoms with Gasteiger partial charge in [0.05, 0.1) is 12.8 Å². The van der Waals surface area contributed by atoms with Crippen LogP contribution in [0.1, 0.15) is 5.56 Å². The number of aliphatic hydroxyl groups excluding tert-OH is 1. The van der Waals surface area contributed by atoms with Crippen molar-refractivity contribution in [1.29, 1.82) is 0 Å². The third-order valence-corrected chi connectivity index (χ3v) is 2.10. The fourth-order valence-corrected chi connectivity index (χ4v) is 1.33. The van der Waals surface area contributed by atoms with E-state index in [1.54, 1.807) is 30.5 Å². The van der Waals surface area contributed by atoms with E-state index in [2.05, 4.69) is 4.98 Å². The van der Waals surface area contributed by atoms with Crippen molar-refractivity contribution >= 4 is 6.08 Å². The molecule has 2 rings (SSSR count). The number of hydrogen-bond donors (Lipinski definition) is 1. The first-order valence-corrected chi connectivity index (χ1v) is 4.75. The summed E-state index contributed by atoms with van der Waals surface area (Å²) in [5.74, 6) is 0.102. The van der Waals surface area contributed by atoms with Crippen LogP contribution >= 0.6 is 0 Å². The second-order valence-corrected chi connectivity index (χ2v) is 3.24. The van der Waals surface area contributed by atoms with Gasteiger partial charge in [0.2, 0.25) is 0 Å². The highest BCUT2D eigenvalue weighted by Crippen LogP contribution is 2.19. The van der Waals surface area contributed by atoms with Crippen molar-refractivity contribution in [2.75, 3.05) is 6.61 Å². The molecule has 1 N–H and O–H groups in total. The third kappa shape index (κ3) is 2.35. The van der Waals surface area contributed by atoms with Gasteiger partial charge in [-0.3, -0.25) is 0 Å². The molecule has 0 aliphatic carbocycles. The van der Waals surface area contributed by atoms with E-state index in [9.17, 15) is 4.39 Å². The van der Waals surface area contributed by atoms with E-state index < -0.39 is 12.4 Å². The van der Waals surface area contributed by atoms with Gasteiger partial charge in [-0.2, -0.15) is 0 Å². The molecule has 0 spiro atoms. The van der Waals surface area contributed by atoms with Crippen LogP contribution in [0.4, 0.5) is 4.39 Å². The lowest BCUT2D eigenvalue weighted by Crippen LogP contribution is -1.82. The summed E-state index contributed by atoms with van der Waals surface area (Å²) in [7, 11) is 0. The fourth-order valence-electron chi connectivity index (χ4n) is 1.33. The van der Waals surface area contributed by atoms with E-state index in [1.807, 2.05) is 0 Å². The van der Waals surface area contributed by atoms with Crippen molar-refractivity contribution in [3.8, 4) is 11.3 Å². The molecular weight excluding hydrogens is 209 g/mol. The minimum Gasteiger partial charge on any atom is -0.444 e. The maximum absolute atomic E-state index is 12.8. The molecule has 0 amide bonds. The van der Waals surface area contributed by atoms with Gasteiger partial charge in [-0.25, -0.2) is 9.37 Å². The van der Waals surface area contributed by atoms with E-state index in [0.29, 0.717) is 11.3 Å². The Morgan fingerprint density at radius 3 is 2.69 bits per heavy atom. The lowest BCUT2D eigenvalue weighted by molar-refractivity contribution is 0.300. The van der Waals surface area contributed by atoms with Crippen molar-refractivity contribution in [3.63, 3.8) is 0 Å². The van der Waals surface area contributed by atoms with E-state index >= 15 is 0 Å². The molecule has 0 saturated carbocycles. The van der Waals surface area contributed by atoms with E-state index in [4.69, 9.17) is 9.52 Å². The van der Waals surface area contributed by atoms with Crippen LogP contribution < -0.4 is 0 Å². The van der Waals surface area contributed by atoms with Crippen LogP contribution in [0.15, 0.2) is 47.1 Å². The summed E-state index contributed by atoms with van der Waals surface area (Å²) >= 11 is 0. The second kappa shape index (κ2) is 4.72. The van der Waals surface area contributed by atoms with Gasteiger partial charge in [0.15, 0.2) is 12.2 Å². The van der Waals surface area contributed by atoms with Crippen LogP contribution in [0.2, 0.25) is 0 Å². The average molecular weight is 219 g/mol. The Kier molecular flexibility index (Phi) is 3.12. The molecule has 1 aromatic heterocycles. The summed E-state index contributed by atoms with van der Waals surface area (Å²) in [5, 5.41) is 8.53. The topological polar surface area (TPSA) is 46.3 Å². The predicted octanol–water partition coefficient (Wildman–Crippen LogP) is 2.64. The summed E-state index contributed by atoms with van der Waals surface area (Å²) in [6.07, 6.45) is 4.25. The Hall–Kier alpha value is -1.94. The maximum Gasteiger partial charge on any atom is 0.181 e. The van der Waals surface area contributed by atoms with E-state index in [-0.39, 0.29) is 0 Å². The second-order valence-electron chi connectivity index (χ2n) is 3.24. The van der Waals surface area contributed by atoms with Gasteiger partial charge in [-0.05, 0) is 11.6 Å². The molecule has 4 heteroatoms. The molecule has 0 saturated heterocycles. The van der Waals surface area contributed by atoms with Crippen molar-refractivity contribution in [2.24, 2.45) is 0 Å². The Bertz CT molecular complexity index is 474. The number of rotatable bonds is 3. The molecule has 82 valence electrons. The number of nitrogens with zero attached hydrogens (tertiary/aromatic N) is 1. The summed E-state index contributed by atoms with van der Waals surface area (Å²) in [5.41, 5.74) is 1.56. The molecule has 0 fully saturated rings. The van der Waals surface area contributed by atoms with Crippen LogP contribution in [-0.4, -0.2) is 16.7 Å². The Morgan fingerprint density at radius 1 is 1.38 bits per heavy atom. The lowest BCUT2D eigenvalue weighted by atomic mass is 10.1. The van der Waals surface area contributed by atoms with Gasteiger partial charge in [-0.15, -0.1) is 0 Å². The zero-order chi connectivity index (χ0) is 11.4. The van der Waals surface area contributed by atoms with Gasteiger partial charge in [-0.1, -0.05) is 24.3 Å². The van der Waals surface area contributed by atoms with Crippen molar-refractivity contribution in [1.82, 2.24) is 4.98 Å². The lowest BCUT2D eigenvalue weighted by Gasteiger charge is -1.97. The molecule has 0 aliphatic rings. The van der Waals surface area contributed by atoms with Gasteiger partial charge in [0, 0.05) is 5.56 Å². The maximum atomic E-state index is 12.8. The summed E-state index contributed by atoms with van der Waals surface area (Å²) in [4.78, 5) is 3.81. The minimum atomic E-state index is -0.580.